The van der Waals surface area contributed by atoms with E-state index in [1.54, 1.807) is 0 Å². The van der Waals surface area contributed by atoms with Crippen LogP contribution in [0.3, 0.4) is 0 Å². The average Bonchev–Trinajstić information content (AvgIpc) is 2.25. The average molecular weight is 283 g/mol. The maximum absolute atomic E-state index is 6.45. The number of hydrogen-bond acceptors (Lipinski definition) is 2. The van der Waals surface area contributed by atoms with Crippen LogP contribution in [0.15, 0.2) is 18.2 Å². The number of halogens is 1. The Labute approximate surface area is 122 Å². The van der Waals surface area contributed by atoms with Gasteiger partial charge in [-0.15, -0.1) is 0 Å². The third kappa shape index (κ3) is 5.04. The van der Waals surface area contributed by atoms with Gasteiger partial charge in [-0.1, -0.05) is 31.5 Å². The third-order valence-electron chi connectivity index (χ3n) is 3.06. The number of anilines is 1. The summed E-state index contributed by atoms with van der Waals surface area (Å²) in [4.78, 5) is 2.36. The quantitative estimate of drug-likeness (QED) is 0.851. The topological polar surface area (TPSA) is 29.3 Å². The first-order valence-corrected chi connectivity index (χ1v) is 7.49. The maximum atomic E-state index is 6.45. The summed E-state index contributed by atoms with van der Waals surface area (Å²) in [7, 11) is 0. The Kier molecular flexibility index (Phi) is 6.15. The van der Waals surface area contributed by atoms with Crippen LogP contribution in [0.2, 0.25) is 5.02 Å². The van der Waals surface area contributed by atoms with Gasteiger partial charge < -0.3 is 10.6 Å². The number of nitrogens with two attached hydrogens (primary N) is 1. The highest BCUT2D eigenvalue weighted by Crippen LogP contribution is 2.29. The summed E-state index contributed by atoms with van der Waals surface area (Å²) in [6, 6.07) is 6.93. The Hall–Kier alpha value is -0.730. The van der Waals surface area contributed by atoms with Gasteiger partial charge in [0, 0.05) is 18.6 Å². The first kappa shape index (κ1) is 16.3. The molecule has 0 fully saturated rings. The van der Waals surface area contributed by atoms with Gasteiger partial charge in [0.25, 0.3) is 0 Å². The molecule has 0 aliphatic carbocycles. The molecular weight excluding hydrogens is 256 g/mol. The Morgan fingerprint density at radius 1 is 1.16 bits per heavy atom. The van der Waals surface area contributed by atoms with Crippen molar-refractivity contribution in [1.29, 1.82) is 0 Å². The molecule has 0 radical (unpaired) electrons. The van der Waals surface area contributed by atoms with Crippen LogP contribution in [-0.2, 0) is 6.42 Å². The van der Waals surface area contributed by atoms with Crippen LogP contribution in [0.4, 0.5) is 5.69 Å². The number of nitrogens with zero attached hydrogens (tertiary/aromatic N) is 1. The molecule has 0 aliphatic rings. The normalized spacial score (nSPS) is 13.1. The standard InChI is InChI=1S/C16H27ClN2/c1-11(2)10-19(12(3)4)16-7-6-14(8-13(5)18)9-15(16)17/h6-7,9,11-13H,8,10,18H2,1-5H3. The van der Waals surface area contributed by atoms with Gasteiger partial charge in [0.2, 0.25) is 0 Å². The molecule has 108 valence electrons. The van der Waals surface area contributed by atoms with Crippen molar-refractivity contribution in [3.05, 3.63) is 28.8 Å². The molecule has 0 aromatic heterocycles. The van der Waals surface area contributed by atoms with Crippen molar-refractivity contribution in [3.63, 3.8) is 0 Å². The molecule has 0 spiro atoms. The van der Waals surface area contributed by atoms with Gasteiger partial charge in [-0.3, -0.25) is 0 Å². The van der Waals surface area contributed by atoms with Gasteiger partial charge in [0.1, 0.15) is 0 Å². The number of hydrogen-bond donors (Lipinski definition) is 1. The van der Waals surface area contributed by atoms with E-state index in [-0.39, 0.29) is 6.04 Å². The Morgan fingerprint density at radius 2 is 1.79 bits per heavy atom. The Morgan fingerprint density at radius 3 is 2.21 bits per heavy atom. The second kappa shape index (κ2) is 7.16. The molecule has 0 saturated heterocycles. The predicted molar refractivity (Wildman–Crippen MR) is 86.1 cm³/mol. The third-order valence-corrected chi connectivity index (χ3v) is 3.37. The van der Waals surface area contributed by atoms with Crippen LogP contribution in [-0.4, -0.2) is 18.6 Å². The predicted octanol–water partition coefficient (Wildman–Crippen LogP) is 4.10. The minimum Gasteiger partial charge on any atom is -0.368 e. The summed E-state index contributed by atoms with van der Waals surface area (Å²) in [5, 5.41) is 0.826. The molecule has 1 aromatic rings. The van der Waals surface area contributed by atoms with Crippen molar-refractivity contribution in [3.8, 4) is 0 Å². The lowest BCUT2D eigenvalue weighted by atomic mass is 10.1. The zero-order chi connectivity index (χ0) is 14.6. The largest absolute Gasteiger partial charge is 0.368 e. The van der Waals surface area contributed by atoms with Crippen LogP contribution in [0.5, 0.6) is 0 Å². The van der Waals surface area contributed by atoms with Gasteiger partial charge in [-0.25, -0.2) is 0 Å². The van der Waals surface area contributed by atoms with Crippen LogP contribution in [0.1, 0.15) is 40.2 Å². The van der Waals surface area contributed by atoms with Crippen LogP contribution < -0.4 is 10.6 Å². The van der Waals surface area contributed by atoms with E-state index in [1.807, 2.05) is 6.92 Å². The van der Waals surface area contributed by atoms with Gasteiger partial charge in [0.05, 0.1) is 10.7 Å². The monoisotopic (exact) mass is 282 g/mol. The fourth-order valence-electron chi connectivity index (χ4n) is 2.26. The van der Waals surface area contributed by atoms with Gasteiger partial charge >= 0.3 is 0 Å². The molecule has 2 nitrogen and oxygen atoms in total. The molecule has 1 rings (SSSR count). The van der Waals surface area contributed by atoms with E-state index < -0.39 is 0 Å². The molecule has 19 heavy (non-hydrogen) atoms. The lowest BCUT2D eigenvalue weighted by Gasteiger charge is -2.31. The van der Waals surface area contributed by atoms with E-state index in [0.717, 1.165) is 23.7 Å². The van der Waals surface area contributed by atoms with Crippen molar-refractivity contribution in [2.75, 3.05) is 11.4 Å². The zero-order valence-electron chi connectivity index (χ0n) is 12.8. The number of rotatable bonds is 6. The van der Waals surface area contributed by atoms with Gasteiger partial charge in [-0.2, -0.15) is 0 Å². The lowest BCUT2D eigenvalue weighted by Crippen LogP contribution is -2.34. The minimum absolute atomic E-state index is 0.166. The number of benzene rings is 1. The highest BCUT2D eigenvalue weighted by molar-refractivity contribution is 6.33. The molecule has 0 aliphatic heterocycles. The summed E-state index contributed by atoms with van der Waals surface area (Å²) in [6.45, 7) is 11.9. The summed E-state index contributed by atoms with van der Waals surface area (Å²) in [6.07, 6.45) is 0.867. The molecule has 1 unspecified atom stereocenters. The van der Waals surface area contributed by atoms with Gasteiger partial charge in [-0.05, 0) is 50.8 Å². The van der Waals surface area contributed by atoms with Crippen molar-refractivity contribution in [2.24, 2.45) is 11.7 Å². The fourth-order valence-corrected chi connectivity index (χ4v) is 2.57. The van der Waals surface area contributed by atoms with Crippen molar-refractivity contribution >= 4 is 17.3 Å². The van der Waals surface area contributed by atoms with E-state index >= 15 is 0 Å². The van der Waals surface area contributed by atoms with Gasteiger partial charge in [0.15, 0.2) is 0 Å². The summed E-state index contributed by atoms with van der Waals surface area (Å²) in [5.74, 6) is 0.613. The van der Waals surface area contributed by atoms with Crippen molar-refractivity contribution in [2.45, 2.75) is 53.1 Å². The molecule has 0 bridgehead atoms. The summed E-state index contributed by atoms with van der Waals surface area (Å²) < 4.78 is 0. The van der Waals surface area contributed by atoms with E-state index in [4.69, 9.17) is 17.3 Å². The first-order valence-electron chi connectivity index (χ1n) is 7.12. The fraction of sp³-hybridized carbons (Fsp3) is 0.625. The van der Waals surface area contributed by atoms with E-state index in [2.05, 4.69) is 50.8 Å². The SMILES string of the molecule is CC(C)CN(c1ccc(CC(C)N)cc1Cl)C(C)C. The first-order chi connectivity index (χ1) is 8.81. The smallest absolute Gasteiger partial charge is 0.0642 e. The van der Waals surface area contributed by atoms with E-state index in [1.165, 1.54) is 5.56 Å². The zero-order valence-corrected chi connectivity index (χ0v) is 13.5. The lowest BCUT2D eigenvalue weighted by molar-refractivity contribution is 0.571. The van der Waals surface area contributed by atoms with Crippen LogP contribution >= 0.6 is 11.6 Å². The highest BCUT2D eigenvalue weighted by Gasteiger charge is 2.15. The molecule has 0 amide bonds. The Bertz CT molecular complexity index is 400. The van der Waals surface area contributed by atoms with Crippen molar-refractivity contribution in [1.82, 2.24) is 0 Å². The molecule has 3 heteroatoms. The van der Waals surface area contributed by atoms with Crippen molar-refractivity contribution < 1.29 is 0 Å². The second-order valence-corrected chi connectivity index (χ2v) is 6.51. The minimum atomic E-state index is 0.166. The molecule has 2 N–H and O–H groups in total. The molecule has 1 aromatic carbocycles. The van der Waals surface area contributed by atoms with E-state index in [9.17, 15) is 0 Å². The van der Waals surface area contributed by atoms with E-state index in [0.29, 0.717) is 12.0 Å². The highest BCUT2D eigenvalue weighted by atomic mass is 35.5. The Balaban J connectivity index is 2.98. The molecular formula is C16H27ClN2. The molecule has 0 heterocycles. The maximum Gasteiger partial charge on any atom is 0.0642 e. The molecule has 1 atom stereocenters. The molecule has 0 saturated carbocycles. The summed E-state index contributed by atoms with van der Waals surface area (Å²) in [5.41, 5.74) is 8.16. The second-order valence-electron chi connectivity index (χ2n) is 6.11. The van der Waals surface area contributed by atoms with Crippen LogP contribution in [0, 0.1) is 5.92 Å². The van der Waals surface area contributed by atoms with Crippen LogP contribution in [0.25, 0.3) is 0 Å². The summed E-state index contributed by atoms with van der Waals surface area (Å²) >= 11 is 6.45.